The molecule has 1 amide bonds. The molecule has 6 nitrogen and oxygen atoms in total. The van der Waals surface area contributed by atoms with Gasteiger partial charge in [0.05, 0.1) is 5.69 Å². The number of para-hydroxylation sites is 1. The van der Waals surface area contributed by atoms with Crippen LogP contribution in [0.4, 0.5) is 5.69 Å². The third-order valence-corrected chi connectivity index (χ3v) is 4.43. The van der Waals surface area contributed by atoms with E-state index in [0.29, 0.717) is 12.2 Å². The van der Waals surface area contributed by atoms with Crippen LogP contribution in [0.5, 0.6) is 0 Å². The van der Waals surface area contributed by atoms with Gasteiger partial charge in [-0.25, -0.2) is 13.1 Å². The van der Waals surface area contributed by atoms with Crippen molar-refractivity contribution >= 4 is 21.6 Å². The van der Waals surface area contributed by atoms with Crippen molar-refractivity contribution in [1.29, 1.82) is 0 Å². The Kier molecular flexibility index (Phi) is 6.80. The minimum absolute atomic E-state index is 0.0348. The summed E-state index contributed by atoms with van der Waals surface area (Å²) in [4.78, 5) is 12.0. The molecule has 1 aromatic carbocycles. The highest BCUT2D eigenvalue weighted by atomic mass is 32.2. The fourth-order valence-electron chi connectivity index (χ4n) is 1.97. The van der Waals surface area contributed by atoms with Crippen molar-refractivity contribution in [1.82, 2.24) is 10.0 Å². The van der Waals surface area contributed by atoms with Crippen LogP contribution >= 0.6 is 0 Å². The topological polar surface area (TPSA) is 87.3 Å². The number of hydrogen-bond acceptors (Lipinski definition) is 4. The average Bonchev–Trinajstić information content (AvgIpc) is 2.39. The lowest BCUT2D eigenvalue weighted by molar-refractivity contribution is -0.116. The number of amides is 1. The van der Waals surface area contributed by atoms with Crippen LogP contribution in [0.25, 0.3) is 0 Å². The predicted molar refractivity (Wildman–Crippen MR) is 83.7 cm³/mol. The summed E-state index contributed by atoms with van der Waals surface area (Å²) >= 11 is 0. The molecule has 0 saturated carbocycles. The minimum atomic E-state index is -3.61. The number of carbonyl (C=O) groups excluding carboxylic acids is 1. The summed E-state index contributed by atoms with van der Waals surface area (Å²) in [5, 5.41) is 5.80. The fourth-order valence-corrected chi connectivity index (χ4v) is 3.17. The highest BCUT2D eigenvalue weighted by molar-refractivity contribution is 7.89. The molecule has 1 unspecified atom stereocenters. The molecule has 118 valence electrons. The van der Waals surface area contributed by atoms with Crippen LogP contribution in [0.1, 0.15) is 27.2 Å². The van der Waals surface area contributed by atoms with E-state index in [1.165, 1.54) is 6.07 Å². The van der Waals surface area contributed by atoms with Crippen LogP contribution in [0.15, 0.2) is 29.2 Å². The molecule has 1 atom stereocenters. The Bertz CT molecular complexity index is 573. The van der Waals surface area contributed by atoms with Crippen LogP contribution in [0, 0.1) is 0 Å². The van der Waals surface area contributed by atoms with E-state index in [0.717, 1.165) is 6.54 Å². The molecule has 1 rings (SSSR count). The molecule has 21 heavy (non-hydrogen) atoms. The number of nitrogens with one attached hydrogen (secondary N) is 3. The molecular weight excluding hydrogens is 290 g/mol. The maximum atomic E-state index is 12.1. The van der Waals surface area contributed by atoms with Gasteiger partial charge in [-0.2, -0.15) is 0 Å². The first-order valence-electron chi connectivity index (χ1n) is 7.02. The first kappa shape index (κ1) is 17.6. The summed E-state index contributed by atoms with van der Waals surface area (Å²) < 4.78 is 26.6. The van der Waals surface area contributed by atoms with Gasteiger partial charge in [0.2, 0.25) is 15.9 Å². The number of rotatable bonds is 8. The van der Waals surface area contributed by atoms with Gasteiger partial charge in [-0.15, -0.1) is 0 Å². The molecular formula is C14H23N3O3S. The highest BCUT2D eigenvalue weighted by Gasteiger charge is 2.18. The summed E-state index contributed by atoms with van der Waals surface area (Å²) in [5.41, 5.74) is 0.298. The predicted octanol–water partition coefficient (Wildman–Crippen LogP) is 1.31. The lowest BCUT2D eigenvalue weighted by Crippen LogP contribution is -2.31. The van der Waals surface area contributed by atoms with E-state index in [1.807, 2.05) is 13.8 Å². The molecule has 0 saturated heterocycles. The molecule has 7 heteroatoms. The molecule has 0 spiro atoms. The molecule has 3 N–H and O–H groups in total. The maximum absolute atomic E-state index is 12.1. The molecule has 1 aromatic rings. The monoisotopic (exact) mass is 313 g/mol. The largest absolute Gasteiger partial charge is 0.325 e. The Morgan fingerprint density at radius 2 is 1.86 bits per heavy atom. The second kappa shape index (κ2) is 8.11. The van der Waals surface area contributed by atoms with Gasteiger partial charge in [-0.05, 0) is 25.6 Å². The number of hydrogen-bond donors (Lipinski definition) is 3. The average molecular weight is 313 g/mol. The van der Waals surface area contributed by atoms with Crippen molar-refractivity contribution in [2.24, 2.45) is 0 Å². The van der Waals surface area contributed by atoms with E-state index in [2.05, 4.69) is 15.4 Å². The summed E-state index contributed by atoms with van der Waals surface area (Å²) in [6.45, 7) is 6.65. The molecule has 0 aromatic heterocycles. The quantitative estimate of drug-likeness (QED) is 0.675. The SMILES string of the molecule is CCNC(C)CC(=O)Nc1ccccc1S(=O)(=O)NCC. The van der Waals surface area contributed by atoms with Crippen molar-refractivity contribution in [2.45, 2.75) is 38.1 Å². The van der Waals surface area contributed by atoms with Gasteiger partial charge in [0.15, 0.2) is 0 Å². The maximum Gasteiger partial charge on any atom is 0.242 e. The first-order valence-corrected chi connectivity index (χ1v) is 8.51. The van der Waals surface area contributed by atoms with E-state index in [1.54, 1.807) is 25.1 Å². The highest BCUT2D eigenvalue weighted by Crippen LogP contribution is 2.20. The van der Waals surface area contributed by atoms with Crippen molar-refractivity contribution in [3.05, 3.63) is 24.3 Å². The van der Waals surface area contributed by atoms with Crippen LogP contribution in [0.3, 0.4) is 0 Å². The second-order valence-corrected chi connectivity index (χ2v) is 6.44. The number of anilines is 1. The van der Waals surface area contributed by atoms with Gasteiger partial charge >= 0.3 is 0 Å². The van der Waals surface area contributed by atoms with E-state index < -0.39 is 10.0 Å². The molecule has 0 aliphatic heterocycles. The molecule has 0 bridgehead atoms. The molecule has 0 heterocycles. The van der Waals surface area contributed by atoms with Crippen molar-refractivity contribution in [3.63, 3.8) is 0 Å². The fraction of sp³-hybridized carbons (Fsp3) is 0.500. The Hall–Kier alpha value is -1.44. The van der Waals surface area contributed by atoms with E-state index in [-0.39, 0.29) is 23.3 Å². The van der Waals surface area contributed by atoms with Gasteiger partial charge in [0, 0.05) is 19.0 Å². The summed E-state index contributed by atoms with van der Waals surface area (Å²) in [5.74, 6) is -0.220. The van der Waals surface area contributed by atoms with Crippen LogP contribution in [0.2, 0.25) is 0 Å². The number of benzene rings is 1. The van der Waals surface area contributed by atoms with E-state index in [4.69, 9.17) is 0 Å². The van der Waals surface area contributed by atoms with Gasteiger partial charge in [0.1, 0.15) is 4.90 Å². The van der Waals surface area contributed by atoms with Gasteiger partial charge in [0.25, 0.3) is 0 Å². The Balaban J connectivity index is 2.87. The number of carbonyl (C=O) groups is 1. The van der Waals surface area contributed by atoms with Crippen molar-refractivity contribution < 1.29 is 13.2 Å². The molecule has 0 aliphatic carbocycles. The van der Waals surface area contributed by atoms with Gasteiger partial charge in [-0.1, -0.05) is 26.0 Å². The Morgan fingerprint density at radius 3 is 2.48 bits per heavy atom. The zero-order chi connectivity index (χ0) is 15.9. The first-order chi connectivity index (χ1) is 9.90. The molecule has 0 radical (unpaired) electrons. The smallest absolute Gasteiger partial charge is 0.242 e. The summed E-state index contributed by atoms with van der Waals surface area (Å²) in [6, 6.07) is 6.41. The van der Waals surface area contributed by atoms with Crippen molar-refractivity contribution in [3.8, 4) is 0 Å². The summed E-state index contributed by atoms with van der Waals surface area (Å²) in [6.07, 6.45) is 0.281. The minimum Gasteiger partial charge on any atom is -0.325 e. The second-order valence-electron chi connectivity index (χ2n) is 4.71. The van der Waals surface area contributed by atoms with Crippen LogP contribution < -0.4 is 15.4 Å². The van der Waals surface area contributed by atoms with Crippen LogP contribution in [-0.2, 0) is 14.8 Å². The normalized spacial score (nSPS) is 12.9. The third kappa shape index (κ3) is 5.45. The Morgan fingerprint density at radius 1 is 1.19 bits per heavy atom. The van der Waals surface area contributed by atoms with Crippen molar-refractivity contribution in [2.75, 3.05) is 18.4 Å². The van der Waals surface area contributed by atoms with E-state index in [9.17, 15) is 13.2 Å². The lowest BCUT2D eigenvalue weighted by Gasteiger charge is -2.14. The summed E-state index contributed by atoms with van der Waals surface area (Å²) in [7, 11) is -3.61. The molecule has 0 fully saturated rings. The lowest BCUT2D eigenvalue weighted by atomic mass is 10.2. The third-order valence-electron chi connectivity index (χ3n) is 2.83. The van der Waals surface area contributed by atoms with Gasteiger partial charge in [-0.3, -0.25) is 4.79 Å². The Labute approximate surface area is 126 Å². The number of sulfonamides is 1. The standard InChI is InChI=1S/C14H23N3O3S/c1-4-15-11(3)10-14(18)17-12-8-6-7-9-13(12)21(19,20)16-5-2/h6-9,11,15-16H,4-5,10H2,1-3H3,(H,17,18). The zero-order valence-corrected chi connectivity index (χ0v) is 13.5. The zero-order valence-electron chi connectivity index (χ0n) is 12.6. The molecule has 0 aliphatic rings. The van der Waals surface area contributed by atoms with E-state index >= 15 is 0 Å². The van der Waals surface area contributed by atoms with Gasteiger partial charge < -0.3 is 10.6 Å². The van der Waals surface area contributed by atoms with Crippen LogP contribution in [-0.4, -0.2) is 33.5 Å².